The molecule has 0 amide bonds. The molecule has 7 rings (SSSR count). The van der Waals surface area contributed by atoms with Gasteiger partial charge in [-0.15, -0.1) is 0 Å². The molecule has 0 bridgehead atoms. The molecule has 0 nitrogen and oxygen atoms in total. The first-order chi connectivity index (χ1) is 29.0. The van der Waals surface area contributed by atoms with E-state index >= 15 is 0 Å². The standard InChI is InChI=1S/C31H34.C20H20.C7H8.C2H6/c1-6-21(2)30-19-26(17-18-29(30)27-13-9-7-11-22(27)3)25-16-15-24(5)31(20-25)28-14-10-8-12-23(28)4;1-6-9-17-14(4)15(5)18(10-7-2)20-13-16(8-3)11-12-19(17)20;1-7-5-3-2-4-6-7;1-2/h7-9,11-13,15-21H,6,10,14H2,1-5H3;6-7,9-13H,1-2,4-5,8H2,3H3;2-6H,1H3;1-2H3/b;17-9+,18-10+;;. The smallest absolute Gasteiger partial charge is 0.00964 e. The molecule has 60 heavy (non-hydrogen) atoms. The summed E-state index contributed by atoms with van der Waals surface area (Å²) in [5.74, 6) is 0.521. The second-order valence-corrected chi connectivity index (χ2v) is 15.5. The Morgan fingerprint density at radius 1 is 0.617 bits per heavy atom. The van der Waals surface area contributed by atoms with Gasteiger partial charge < -0.3 is 0 Å². The van der Waals surface area contributed by atoms with E-state index in [1.165, 1.54) is 77.6 Å². The number of fused-ring (bicyclic) bond motifs is 1. The Kier molecular flexibility index (Phi) is 17.9. The normalized spacial score (nSPS) is 13.0. The molecular weight excluding hydrogens is 721 g/mol. The third-order valence-electron chi connectivity index (χ3n) is 11.5. The minimum absolute atomic E-state index is 0.521. The number of hydrogen-bond donors (Lipinski definition) is 0. The third kappa shape index (κ3) is 11.4. The zero-order valence-corrected chi connectivity index (χ0v) is 38.1. The summed E-state index contributed by atoms with van der Waals surface area (Å²) in [5.41, 5.74) is 16.5. The molecule has 1 atom stereocenters. The third-order valence-corrected chi connectivity index (χ3v) is 11.5. The molecule has 0 aromatic heterocycles. The lowest BCUT2D eigenvalue weighted by molar-refractivity contribution is 0.735. The van der Waals surface area contributed by atoms with E-state index in [1.54, 1.807) is 12.2 Å². The van der Waals surface area contributed by atoms with Gasteiger partial charge in [-0.1, -0.05) is 206 Å². The second-order valence-electron chi connectivity index (χ2n) is 15.5. The molecule has 0 radical (unpaired) electrons. The molecule has 0 aliphatic heterocycles. The Morgan fingerprint density at radius 2 is 1.22 bits per heavy atom. The van der Waals surface area contributed by atoms with Gasteiger partial charge in [-0.05, 0) is 158 Å². The zero-order chi connectivity index (χ0) is 43.8. The predicted octanol–water partition coefficient (Wildman–Crippen LogP) is 14.5. The molecule has 0 N–H and O–H groups in total. The summed E-state index contributed by atoms with van der Waals surface area (Å²) in [6.45, 7) is 35.6. The van der Waals surface area contributed by atoms with Gasteiger partial charge in [0.05, 0.1) is 0 Å². The van der Waals surface area contributed by atoms with Crippen LogP contribution >= 0.6 is 0 Å². The molecular formula is C60H68. The lowest BCUT2D eigenvalue weighted by Gasteiger charge is -2.20. The number of allylic oxidation sites excluding steroid dienone is 6. The van der Waals surface area contributed by atoms with Crippen molar-refractivity contribution < 1.29 is 0 Å². The van der Waals surface area contributed by atoms with Crippen LogP contribution in [0.3, 0.4) is 0 Å². The van der Waals surface area contributed by atoms with Crippen LogP contribution in [-0.2, 0) is 6.42 Å². The van der Waals surface area contributed by atoms with Gasteiger partial charge in [-0.3, -0.25) is 0 Å². The number of benzene rings is 6. The van der Waals surface area contributed by atoms with E-state index in [2.05, 4.69) is 178 Å². The van der Waals surface area contributed by atoms with Crippen molar-refractivity contribution in [2.24, 2.45) is 0 Å². The first-order valence-corrected chi connectivity index (χ1v) is 21.9. The summed E-state index contributed by atoms with van der Waals surface area (Å²) >= 11 is 0. The number of hydrogen-bond acceptors (Lipinski definition) is 0. The summed E-state index contributed by atoms with van der Waals surface area (Å²) in [6, 6.07) is 39.7. The van der Waals surface area contributed by atoms with Crippen LogP contribution in [0, 0.1) is 20.8 Å². The average Bonchev–Trinajstić information content (AvgIpc) is 3.28. The van der Waals surface area contributed by atoms with E-state index in [-0.39, 0.29) is 0 Å². The summed E-state index contributed by atoms with van der Waals surface area (Å²) < 4.78 is 0. The predicted molar refractivity (Wildman–Crippen MR) is 271 cm³/mol. The first kappa shape index (κ1) is 46.7. The van der Waals surface area contributed by atoms with Crippen LogP contribution in [-0.4, -0.2) is 0 Å². The van der Waals surface area contributed by atoms with E-state index in [0.717, 1.165) is 46.6 Å². The second kappa shape index (κ2) is 23.0. The highest BCUT2D eigenvalue weighted by atomic mass is 14.2. The van der Waals surface area contributed by atoms with Gasteiger partial charge in [0.15, 0.2) is 0 Å². The van der Waals surface area contributed by atoms with Crippen LogP contribution in [0.4, 0.5) is 0 Å². The fourth-order valence-corrected chi connectivity index (χ4v) is 7.82. The van der Waals surface area contributed by atoms with Gasteiger partial charge in [-0.25, -0.2) is 0 Å². The van der Waals surface area contributed by atoms with Crippen LogP contribution in [0.1, 0.15) is 100 Å². The Bertz CT molecular complexity index is 2700. The molecule has 0 saturated heterocycles. The maximum absolute atomic E-state index is 4.19. The van der Waals surface area contributed by atoms with Crippen molar-refractivity contribution >= 4 is 41.7 Å². The fourth-order valence-electron chi connectivity index (χ4n) is 7.82. The van der Waals surface area contributed by atoms with Gasteiger partial charge in [-0.2, -0.15) is 0 Å². The topological polar surface area (TPSA) is 0 Å². The first-order valence-electron chi connectivity index (χ1n) is 21.9. The fraction of sp³-hybridized carbons (Fsp3) is 0.233. The maximum Gasteiger partial charge on any atom is -0.00964 e. The molecule has 308 valence electrons. The van der Waals surface area contributed by atoms with Crippen molar-refractivity contribution in [3.05, 3.63) is 206 Å². The molecule has 6 aromatic carbocycles. The summed E-state index contributed by atoms with van der Waals surface area (Å²) in [5, 5.41) is 6.51. The Hall–Kier alpha value is -5.98. The molecule has 0 heterocycles. The highest BCUT2D eigenvalue weighted by molar-refractivity contribution is 5.87. The number of aryl methyl sites for hydroxylation is 4. The highest BCUT2D eigenvalue weighted by Gasteiger charge is 2.16. The van der Waals surface area contributed by atoms with E-state index in [9.17, 15) is 0 Å². The van der Waals surface area contributed by atoms with Crippen molar-refractivity contribution in [1.82, 2.24) is 0 Å². The summed E-state index contributed by atoms with van der Waals surface area (Å²) in [7, 11) is 0. The lowest BCUT2D eigenvalue weighted by atomic mass is 9.85. The van der Waals surface area contributed by atoms with Crippen LogP contribution in [0.2, 0.25) is 0 Å². The van der Waals surface area contributed by atoms with E-state index in [1.807, 2.05) is 44.2 Å². The van der Waals surface area contributed by atoms with Crippen LogP contribution in [0.5, 0.6) is 0 Å². The van der Waals surface area contributed by atoms with Gasteiger partial charge in [0, 0.05) is 0 Å². The molecule has 0 heteroatoms. The van der Waals surface area contributed by atoms with Crippen molar-refractivity contribution in [1.29, 1.82) is 0 Å². The van der Waals surface area contributed by atoms with Gasteiger partial charge in [0.2, 0.25) is 0 Å². The van der Waals surface area contributed by atoms with Gasteiger partial charge >= 0.3 is 0 Å². The Morgan fingerprint density at radius 3 is 1.80 bits per heavy atom. The van der Waals surface area contributed by atoms with E-state index in [0.29, 0.717) is 5.92 Å². The van der Waals surface area contributed by atoms with Crippen molar-refractivity contribution in [2.75, 3.05) is 0 Å². The molecule has 0 spiro atoms. The monoisotopic (exact) mass is 789 g/mol. The molecule has 0 fully saturated rings. The summed E-state index contributed by atoms with van der Waals surface area (Å²) in [4.78, 5) is 0. The average molecular weight is 789 g/mol. The zero-order valence-electron chi connectivity index (χ0n) is 38.1. The van der Waals surface area contributed by atoms with Crippen LogP contribution < -0.4 is 20.9 Å². The number of rotatable bonds is 8. The van der Waals surface area contributed by atoms with Crippen LogP contribution in [0.15, 0.2) is 152 Å². The van der Waals surface area contributed by atoms with Gasteiger partial charge in [0.1, 0.15) is 0 Å². The maximum atomic E-state index is 4.19. The lowest BCUT2D eigenvalue weighted by Crippen LogP contribution is -2.47. The van der Waals surface area contributed by atoms with Crippen LogP contribution in [0.25, 0.3) is 63.9 Å². The Labute approximate surface area is 362 Å². The van der Waals surface area contributed by atoms with E-state index < -0.39 is 0 Å². The van der Waals surface area contributed by atoms with Crippen molar-refractivity contribution in [3.8, 4) is 22.3 Å². The molecule has 0 saturated carbocycles. The minimum Gasteiger partial charge on any atom is -0.0990 e. The van der Waals surface area contributed by atoms with Gasteiger partial charge in [0.25, 0.3) is 0 Å². The molecule has 1 aliphatic carbocycles. The SMILES string of the molecule is C=C/C=c1\c(=C)c(=C)/c(=C\C=C)c2cc(CC)ccc12.CC.CCC(C)c1cc(-c2ccc(C)c(C3=C(C)C=CCC3)c2)ccc1-c1ccccc1C.Cc1ccccc1. The molecule has 1 unspecified atom stereocenters. The Balaban J connectivity index is 0.000000233. The highest BCUT2D eigenvalue weighted by Crippen LogP contribution is 2.38. The summed E-state index contributed by atoms with van der Waals surface area (Å²) in [6.07, 6.45) is 16.6. The largest absolute Gasteiger partial charge is 0.0990 e. The molecule has 6 aromatic rings. The van der Waals surface area contributed by atoms with Crippen molar-refractivity contribution in [3.63, 3.8) is 0 Å². The molecule has 1 aliphatic rings. The van der Waals surface area contributed by atoms with Crippen molar-refractivity contribution in [2.45, 2.75) is 93.9 Å². The minimum atomic E-state index is 0.521. The van der Waals surface area contributed by atoms with E-state index in [4.69, 9.17) is 0 Å². The quantitative estimate of drug-likeness (QED) is 0.144.